The molecule has 0 aliphatic carbocycles. The van der Waals surface area contributed by atoms with Gasteiger partial charge in [0.2, 0.25) is 0 Å². The van der Waals surface area contributed by atoms with Gasteiger partial charge in [0.25, 0.3) is 11.7 Å². The third kappa shape index (κ3) is 2.65. The van der Waals surface area contributed by atoms with Crippen molar-refractivity contribution in [1.29, 1.82) is 0 Å². The minimum absolute atomic E-state index is 0.310. The Bertz CT molecular complexity index is 769. The number of carbonyl (C=O) groups excluding carboxylic acids is 2. The maximum absolute atomic E-state index is 12.2. The molecule has 118 valence electrons. The van der Waals surface area contributed by atoms with E-state index in [0.29, 0.717) is 35.9 Å². The Labute approximate surface area is 134 Å². The van der Waals surface area contributed by atoms with Crippen LogP contribution in [0.1, 0.15) is 22.8 Å². The number of fused-ring (bicyclic) bond motifs is 1. The van der Waals surface area contributed by atoms with Crippen LogP contribution in [0.2, 0.25) is 0 Å². The highest BCUT2D eigenvalue weighted by molar-refractivity contribution is 6.52. The molecule has 0 spiro atoms. The second-order valence-corrected chi connectivity index (χ2v) is 5.16. The molecule has 0 unspecified atom stereocenters. The Hall–Kier alpha value is -2.82. The molecule has 0 bridgehead atoms. The fourth-order valence-corrected chi connectivity index (χ4v) is 2.67. The highest BCUT2D eigenvalue weighted by atomic mass is 16.5. The lowest BCUT2D eigenvalue weighted by atomic mass is 10.1. The minimum Gasteiger partial charge on any atom is -0.493 e. The van der Waals surface area contributed by atoms with Gasteiger partial charge in [0, 0.05) is 0 Å². The number of hydrogen-bond acceptors (Lipinski definition) is 4. The zero-order valence-corrected chi connectivity index (χ0v) is 13.0. The first-order valence-corrected chi connectivity index (χ1v) is 7.40. The molecule has 0 aromatic heterocycles. The summed E-state index contributed by atoms with van der Waals surface area (Å²) >= 11 is 0. The van der Waals surface area contributed by atoms with Gasteiger partial charge in [-0.15, -0.1) is 0 Å². The van der Waals surface area contributed by atoms with Crippen molar-refractivity contribution >= 4 is 17.4 Å². The van der Waals surface area contributed by atoms with Crippen LogP contribution in [0.5, 0.6) is 11.5 Å². The molecule has 0 saturated heterocycles. The summed E-state index contributed by atoms with van der Waals surface area (Å²) in [7, 11) is 1.57. The van der Waals surface area contributed by atoms with E-state index in [9.17, 15) is 9.59 Å². The lowest BCUT2D eigenvalue weighted by molar-refractivity contribution is -0.114. The Morgan fingerprint density at radius 2 is 1.83 bits per heavy atom. The number of amides is 1. The summed E-state index contributed by atoms with van der Waals surface area (Å²) < 4.78 is 10.8. The Balaban J connectivity index is 1.90. The van der Waals surface area contributed by atoms with Gasteiger partial charge in [0.15, 0.2) is 11.5 Å². The fourth-order valence-electron chi connectivity index (χ4n) is 2.67. The highest BCUT2D eigenvalue weighted by Gasteiger charge is 2.35. The molecule has 3 rings (SSSR count). The van der Waals surface area contributed by atoms with Crippen molar-refractivity contribution in [2.45, 2.75) is 13.5 Å². The van der Waals surface area contributed by atoms with Gasteiger partial charge in [0.05, 0.1) is 31.5 Å². The number of ketones is 1. The predicted octanol–water partition coefficient (Wildman–Crippen LogP) is 2.82. The van der Waals surface area contributed by atoms with E-state index in [1.54, 1.807) is 25.3 Å². The van der Waals surface area contributed by atoms with Gasteiger partial charge in [-0.25, -0.2) is 0 Å². The maximum Gasteiger partial charge on any atom is 0.299 e. The average Bonchev–Trinajstić information content (AvgIpc) is 2.82. The van der Waals surface area contributed by atoms with Crippen molar-refractivity contribution in [1.82, 2.24) is 0 Å². The van der Waals surface area contributed by atoms with Gasteiger partial charge in [-0.1, -0.05) is 18.2 Å². The van der Waals surface area contributed by atoms with Crippen molar-refractivity contribution < 1.29 is 19.1 Å². The van der Waals surface area contributed by atoms with E-state index < -0.39 is 11.7 Å². The number of nitrogens with zero attached hydrogens (tertiary/aromatic N) is 1. The van der Waals surface area contributed by atoms with E-state index in [4.69, 9.17) is 9.47 Å². The molecule has 0 atom stereocenters. The van der Waals surface area contributed by atoms with Crippen molar-refractivity contribution in [3.8, 4) is 11.5 Å². The molecule has 23 heavy (non-hydrogen) atoms. The van der Waals surface area contributed by atoms with Crippen LogP contribution < -0.4 is 14.4 Å². The van der Waals surface area contributed by atoms with Crippen LogP contribution in [0, 0.1) is 0 Å². The van der Waals surface area contributed by atoms with E-state index in [0.717, 1.165) is 5.56 Å². The zero-order chi connectivity index (χ0) is 16.4. The van der Waals surface area contributed by atoms with E-state index in [-0.39, 0.29) is 0 Å². The normalized spacial score (nSPS) is 13.2. The third-order valence-electron chi connectivity index (χ3n) is 3.75. The Morgan fingerprint density at radius 3 is 2.57 bits per heavy atom. The summed E-state index contributed by atoms with van der Waals surface area (Å²) in [6.07, 6.45) is 0. The van der Waals surface area contributed by atoms with Crippen molar-refractivity contribution in [3.05, 3.63) is 53.6 Å². The first-order valence-electron chi connectivity index (χ1n) is 7.40. The first kappa shape index (κ1) is 15.1. The number of anilines is 1. The molecule has 1 amide bonds. The summed E-state index contributed by atoms with van der Waals surface area (Å²) in [4.78, 5) is 25.7. The maximum atomic E-state index is 12.2. The van der Waals surface area contributed by atoms with Crippen molar-refractivity contribution in [3.63, 3.8) is 0 Å². The van der Waals surface area contributed by atoms with Crippen LogP contribution in [0.25, 0.3) is 0 Å². The number of ether oxygens (including phenoxy) is 2. The molecule has 0 fully saturated rings. The number of Topliss-reactive ketones (excluding diaryl/α,β-unsaturated/α-hetero) is 1. The zero-order valence-electron chi connectivity index (χ0n) is 13.0. The summed E-state index contributed by atoms with van der Waals surface area (Å²) in [5.74, 6) is 0.302. The molecular weight excluding hydrogens is 294 g/mol. The standard InChI is InChI=1S/C18H17NO4/c1-3-23-15-9-8-12(10-16(15)22-2)11-19-14-7-5-4-6-13(14)17(20)18(19)21/h4-10H,3,11H2,1-2H3. The molecule has 2 aromatic rings. The minimum atomic E-state index is -0.501. The Kier molecular flexibility index (Phi) is 4.02. The number of methoxy groups -OCH3 is 1. The van der Waals surface area contributed by atoms with E-state index in [1.807, 2.05) is 31.2 Å². The van der Waals surface area contributed by atoms with Crippen LogP contribution >= 0.6 is 0 Å². The lowest BCUT2D eigenvalue weighted by Crippen LogP contribution is -2.29. The van der Waals surface area contributed by atoms with Gasteiger partial charge in [-0.3, -0.25) is 9.59 Å². The largest absolute Gasteiger partial charge is 0.493 e. The molecule has 0 N–H and O–H groups in total. The van der Waals surface area contributed by atoms with Crippen molar-refractivity contribution in [2.75, 3.05) is 18.6 Å². The third-order valence-corrected chi connectivity index (χ3v) is 3.75. The van der Waals surface area contributed by atoms with Gasteiger partial charge in [-0.05, 0) is 36.8 Å². The van der Waals surface area contributed by atoms with Gasteiger partial charge in [0.1, 0.15) is 0 Å². The van der Waals surface area contributed by atoms with E-state index >= 15 is 0 Å². The van der Waals surface area contributed by atoms with Gasteiger partial charge in [-0.2, -0.15) is 0 Å². The van der Waals surface area contributed by atoms with Crippen LogP contribution in [0.3, 0.4) is 0 Å². The summed E-state index contributed by atoms with van der Waals surface area (Å²) in [6.45, 7) is 2.76. The number of rotatable bonds is 5. The molecule has 5 heteroatoms. The fraction of sp³-hybridized carbons (Fsp3) is 0.222. The molecule has 2 aromatic carbocycles. The highest BCUT2D eigenvalue weighted by Crippen LogP contribution is 2.32. The quantitative estimate of drug-likeness (QED) is 0.797. The van der Waals surface area contributed by atoms with Crippen LogP contribution in [0.4, 0.5) is 5.69 Å². The Morgan fingerprint density at radius 1 is 1.04 bits per heavy atom. The second-order valence-electron chi connectivity index (χ2n) is 5.16. The average molecular weight is 311 g/mol. The number of benzene rings is 2. The molecule has 1 heterocycles. The molecular formula is C18H17NO4. The molecule has 5 nitrogen and oxygen atoms in total. The molecule has 1 aliphatic rings. The molecule has 1 aliphatic heterocycles. The van der Waals surface area contributed by atoms with E-state index in [2.05, 4.69) is 0 Å². The summed E-state index contributed by atoms with van der Waals surface area (Å²) in [5, 5.41) is 0. The topological polar surface area (TPSA) is 55.8 Å². The van der Waals surface area contributed by atoms with Gasteiger partial charge >= 0.3 is 0 Å². The predicted molar refractivity (Wildman–Crippen MR) is 86.1 cm³/mol. The second kappa shape index (κ2) is 6.12. The first-order chi connectivity index (χ1) is 11.2. The smallest absolute Gasteiger partial charge is 0.299 e. The SMILES string of the molecule is CCOc1ccc(CN2C(=O)C(=O)c3ccccc32)cc1OC. The van der Waals surface area contributed by atoms with Crippen LogP contribution in [-0.4, -0.2) is 25.4 Å². The molecule has 0 saturated carbocycles. The number of para-hydroxylation sites is 1. The van der Waals surface area contributed by atoms with Crippen molar-refractivity contribution in [2.24, 2.45) is 0 Å². The number of hydrogen-bond donors (Lipinski definition) is 0. The molecule has 0 radical (unpaired) electrons. The van der Waals surface area contributed by atoms with Crippen LogP contribution in [-0.2, 0) is 11.3 Å². The summed E-state index contributed by atoms with van der Waals surface area (Å²) in [5.41, 5.74) is 1.97. The number of carbonyl (C=O) groups is 2. The lowest BCUT2D eigenvalue weighted by Gasteiger charge is -2.18. The van der Waals surface area contributed by atoms with E-state index in [1.165, 1.54) is 4.90 Å². The summed E-state index contributed by atoms with van der Waals surface area (Å²) in [6, 6.07) is 12.5. The van der Waals surface area contributed by atoms with Crippen LogP contribution in [0.15, 0.2) is 42.5 Å². The monoisotopic (exact) mass is 311 g/mol. The van der Waals surface area contributed by atoms with Gasteiger partial charge < -0.3 is 14.4 Å².